The molecule has 1 fully saturated rings. The molecule has 0 bridgehead atoms. The Balaban J connectivity index is 1.82. The lowest BCUT2D eigenvalue weighted by molar-refractivity contribution is -0.384. The molecular weight excluding hydrogens is 513 g/mol. The van der Waals surface area contributed by atoms with E-state index < -0.39 is 31.4 Å². The molecule has 3 rings (SSSR count). The fraction of sp³-hybridized carbons (Fsp3) is 0.500. The number of carbonyl (C=O) groups excluding carboxylic acids is 1. The normalized spacial score (nSPS) is 17.3. The summed E-state index contributed by atoms with van der Waals surface area (Å²) in [6.45, 7) is 6.23. The summed E-state index contributed by atoms with van der Waals surface area (Å²) >= 11 is 0. The number of carbonyl (C=O) groups is 1. The smallest absolute Gasteiger partial charge is 0.444 e. The molecule has 0 spiro atoms. The van der Waals surface area contributed by atoms with Gasteiger partial charge >= 0.3 is 14.3 Å². The average Bonchev–Trinajstić information content (AvgIpc) is 3.36. The Kier molecular flexibility index (Phi) is 11.6. The van der Waals surface area contributed by atoms with Gasteiger partial charge in [-0.1, -0.05) is 56.3 Å². The van der Waals surface area contributed by atoms with Gasteiger partial charge in [-0.3, -0.25) is 15.0 Å². The van der Waals surface area contributed by atoms with Crippen molar-refractivity contribution in [3.05, 3.63) is 75.8 Å². The van der Waals surface area contributed by atoms with Crippen LogP contribution in [0.25, 0.3) is 0 Å². The zero-order valence-corrected chi connectivity index (χ0v) is 22.5. The van der Waals surface area contributed by atoms with Crippen molar-refractivity contribution in [3.8, 4) is 0 Å². The van der Waals surface area contributed by atoms with Crippen LogP contribution < -0.4 is 5.32 Å². The number of nitrogens with one attached hydrogen (secondary N) is 1. The number of benzene rings is 2. The van der Waals surface area contributed by atoms with Crippen molar-refractivity contribution in [1.29, 1.82) is 0 Å². The van der Waals surface area contributed by atoms with E-state index in [-0.39, 0.29) is 24.3 Å². The van der Waals surface area contributed by atoms with Crippen LogP contribution in [0.1, 0.15) is 31.4 Å². The van der Waals surface area contributed by atoms with Gasteiger partial charge in [0.15, 0.2) is 0 Å². The second-order valence-electron chi connectivity index (χ2n) is 9.72. The molecule has 2 aromatic carbocycles. The van der Waals surface area contributed by atoms with E-state index in [1.165, 1.54) is 12.1 Å². The number of amides is 1. The van der Waals surface area contributed by atoms with E-state index >= 15 is 0 Å². The average molecular weight is 549 g/mol. The molecule has 1 saturated heterocycles. The quantitative estimate of drug-likeness (QED) is 0.202. The van der Waals surface area contributed by atoms with Gasteiger partial charge in [0.25, 0.3) is 5.69 Å². The zero-order chi connectivity index (χ0) is 27.5. The SMILES string of the molecule is CC(C)CN(Cc1ccc([N+](=O)[O-])cc1)C[C@@H](O[P+](=O)O)[C@H](Cc1ccccc1)NC(=O)O[C@H]1CCOC1. The minimum atomic E-state index is -2.97. The molecule has 1 aliphatic rings. The highest BCUT2D eigenvalue weighted by Crippen LogP contribution is 2.24. The van der Waals surface area contributed by atoms with Gasteiger partial charge in [-0.05, 0) is 23.5 Å². The maximum absolute atomic E-state index is 12.8. The summed E-state index contributed by atoms with van der Waals surface area (Å²) in [5.74, 6) is 0.254. The van der Waals surface area contributed by atoms with Gasteiger partial charge in [-0.25, -0.2) is 4.79 Å². The van der Waals surface area contributed by atoms with Crippen LogP contribution >= 0.6 is 8.25 Å². The maximum Gasteiger partial charge on any atom is 0.695 e. The molecule has 0 saturated carbocycles. The van der Waals surface area contributed by atoms with E-state index in [0.29, 0.717) is 39.1 Å². The minimum Gasteiger partial charge on any atom is -0.444 e. The van der Waals surface area contributed by atoms with Crippen molar-refractivity contribution in [2.24, 2.45) is 5.92 Å². The van der Waals surface area contributed by atoms with Gasteiger partial charge in [0.05, 0.1) is 24.2 Å². The highest BCUT2D eigenvalue weighted by Gasteiger charge is 2.35. The van der Waals surface area contributed by atoms with Crippen LogP contribution in [0, 0.1) is 16.0 Å². The number of nitro groups is 1. The second-order valence-corrected chi connectivity index (χ2v) is 10.4. The second kappa shape index (κ2) is 14.8. The Morgan fingerprint density at radius 2 is 1.89 bits per heavy atom. The Labute approximate surface area is 223 Å². The van der Waals surface area contributed by atoms with Gasteiger partial charge in [0.2, 0.25) is 0 Å². The molecule has 4 atom stereocenters. The number of non-ortho nitro benzene ring substituents is 1. The number of ether oxygens (including phenoxy) is 2. The van der Waals surface area contributed by atoms with E-state index in [9.17, 15) is 24.4 Å². The van der Waals surface area contributed by atoms with Crippen molar-refractivity contribution in [2.45, 2.75) is 51.5 Å². The number of nitrogens with zero attached hydrogens (tertiary/aromatic N) is 2. The van der Waals surface area contributed by atoms with Crippen molar-refractivity contribution in [2.75, 3.05) is 26.3 Å². The first kappa shape index (κ1) is 29.6. The fourth-order valence-electron chi connectivity index (χ4n) is 4.39. The Morgan fingerprint density at radius 3 is 2.47 bits per heavy atom. The van der Waals surface area contributed by atoms with Crippen LogP contribution in [0.4, 0.5) is 10.5 Å². The summed E-state index contributed by atoms with van der Waals surface area (Å²) in [4.78, 5) is 35.1. The van der Waals surface area contributed by atoms with Crippen molar-refractivity contribution < 1.29 is 33.2 Å². The number of hydrogen-bond donors (Lipinski definition) is 2. The van der Waals surface area contributed by atoms with Gasteiger partial charge < -0.3 is 14.8 Å². The molecule has 2 aromatic rings. The fourth-order valence-corrected chi connectivity index (χ4v) is 4.84. The largest absolute Gasteiger partial charge is 0.695 e. The molecule has 2 N–H and O–H groups in total. The first-order valence-corrected chi connectivity index (χ1v) is 13.7. The van der Waals surface area contributed by atoms with E-state index in [0.717, 1.165) is 11.1 Å². The molecule has 12 heteroatoms. The lowest BCUT2D eigenvalue weighted by atomic mass is 10.0. The maximum atomic E-state index is 12.8. The number of alkyl carbamates (subject to hydrolysis) is 1. The standard InChI is InChI=1S/C26H34N3O8P/c1-19(2)15-28(16-21-8-10-22(11-9-21)29(31)32)17-25(37-38(33)34)24(14-20-6-4-3-5-7-20)27-26(30)36-23-12-13-35-18-23/h3-11,19,23-25H,12-18H2,1-2H3,(H-,27,30,33,34)/p+1/t23-,24-,25+/m0/s1. The molecule has 1 aliphatic heterocycles. The van der Waals surface area contributed by atoms with Crippen LogP contribution in [-0.2, 0) is 31.5 Å². The van der Waals surface area contributed by atoms with E-state index in [4.69, 9.17) is 14.0 Å². The third-order valence-corrected chi connectivity index (χ3v) is 6.50. The lowest BCUT2D eigenvalue weighted by Crippen LogP contribution is -2.51. The summed E-state index contributed by atoms with van der Waals surface area (Å²) in [5, 5.41) is 13.9. The van der Waals surface area contributed by atoms with Crippen molar-refractivity contribution >= 4 is 20.0 Å². The number of nitro benzene ring substituents is 1. The van der Waals surface area contributed by atoms with E-state index in [1.807, 2.05) is 49.1 Å². The van der Waals surface area contributed by atoms with Crippen molar-refractivity contribution in [3.63, 3.8) is 0 Å². The monoisotopic (exact) mass is 548 g/mol. The summed E-state index contributed by atoms with van der Waals surface area (Å²) in [6, 6.07) is 15.0. The van der Waals surface area contributed by atoms with Gasteiger partial charge in [-0.15, -0.1) is 9.42 Å². The van der Waals surface area contributed by atoms with Crippen LogP contribution in [0.3, 0.4) is 0 Å². The first-order chi connectivity index (χ1) is 18.2. The molecule has 0 aliphatic carbocycles. The number of rotatable bonds is 14. The molecule has 206 valence electrons. The predicted molar refractivity (Wildman–Crippen MR) is 141 cm³/mol. The van der Waals surface area contributed by atoms with Crippen LogP contribution in [0.15, 0.2) is 54.6 Å². The zero-order valence-electron chi connectivity index (χ0n) is 21.6. The molecule has 11 nitrogen and oxygen atoms in total. The van der Waals surface area contributed by atoms with Gasteiger partial charge in [0, 0.05) is 42.8 Å². The van der Waals surface area contributed by atoms with Crippen LogP contribution in [-0.4, -0.2) is 65.4 Å². The summed E-state index contributed by atoms with van der Waals surface area (Å²) in [7, 11) is -2.97. The molecule has 1 amide bonds. The Bertz CT molecular complexity index is 1050. The Morgan fingerprint density at radius 1 is 1.18 bits per heavy atom. The minimum absolute atomic E-state index is 0.000877. The Hall–Kier alpha value is -2.95. The van der Waals surface area contributed by atoms with Crippen LogP contribution in [0.2, 0.25) is 0 Å². The molecular formula is C26H35N3O8P+. The lowest BCUT2D eigenvalue weighted by Gasteiger charge is -2.31. The van der Waals surface area contributed by atoms with E-state index in [2.05, 4.69) is 5.32 Å². The van der Waals surface area contributed by atoms with Crippen molar-refractivity contribution in [1.82, 2.24) is 10.2 Å². The summed E-state index contributed by atoms with van der Waals surface area (Å²) in [5.41, 5.74) is 1.76. The molecule has 1 unspecified atom stereocenters. The van der Waals surface area contributed by atoms with Crippen LogP contribution in [0.5, 0.6) is 0 Å². The molecule has 38 heavy (non-hydrogen) atoms. The van der Waals surface area contributed by atoms with Gasteiger partial charge in [-0.2, -0.15) is 0 Å². The highest BCUT2D eigenvalue weighted by atomic mass is 31.1. The third-order valence-electron chi connectivity index (χ3n) is 6.05. The topological polar surface area (TPSA) is 140 Å². The highest BCUT2D eigenvalue weighted by molar-refractivity contribution is 7.32. The molecule has 0 radical (unpaired) electrons. The molecule has 0 aromatic heterocycles. The number of hydrogen-bond acceptors (Lipinski definition) is 8. The third kappa shape index (κ3) is 10.1. The first-order valence-electron chi connectivity index (χ1n) is 12.6. The predicted octanol–water partition coefficient (Wildman–Crippen LogP) is 4.21. The van der Waals surface area contributed by atoms with E-state index in [1.54, 1.807) is 12.1 Å². The summed E-state index contributed by atoms with van der Waals surface area (Å²) < 4.78 is 28.1. The molecule has 1 heterocycles. The van der Waals surface area contributed by atoms with Gasteiger partial charge in [0.1, 0.15) is 12.2 Å². The summed E-state index contributed by atoms with van der Waals surface area (Å²) in [6.07, 6.45) is -0.892.